The van der Waals surface area contributed by atoms with Crippen molar-refractivity contribution in [3.63, 3.8) is 0 Å². The van der Waals surface area contributed by atoms with E-state index in [0.29, 0.717) is 0 Å². The smallest absolute Gasteiger partial charge is 0.246 e. The quantitative estimate of drug-likeness (QED) is 0.873. The van der Waals surface area contributed by atoms with Crippen molar-refractivity contribution in [3.8, 4) is 0 Å². The number of nitrogens with one attached hydrogen (secondary N) is 1. The molecule has 0 fully saturated rings. The molecule has 1 aromatic rings. The lowest BCUT2D eigenvalue weighted by molar-refractivity contribution is -0.125. The van der Waals surface area contributed by atoms with Gasteiger partial charge in [-0.2, -0.15) is 0 Å². The summed E-state index contributed by atoms with van der Waals surface area (Å²) in [5.41, 5.74) is 1.23. The Labute approximate surface area is 99.6 Å². The highest BCUT2D eigenvalue weighted by atomic mass is 32.2. The van der Waals surface area contributed by atoms with Gasteiger partial charge in [-0.25, -0.2) is 0 Å². The summed E-state index contributed by atoms with van der Waals surface area (Å²) in [6.07, 6.45) is 0.983. The van der Waals surface area contributed by atoms with Crippen molar-refractivity contribution in [2.24, 2.45) is 0 Å². The summed E-state index contributed by atoms with van der Waals surface area (Å²) in [6, 6.07) is 8.37. The van der Waals surface area contributed by atoms with E-state index in [9.17, 15) is 4.79 Å². The third kappa shape index (κ3) is 2.57. The Bertz CT molecular complexity index is 381. The van der Waals surface area contributed by atoms with Crippen LogP contribution in [-0.4, -0.2) is 25.4 Å². The fourth-order valence-corrected chi connectivity index (χ4v) is 2.98. The number of fused-ring (bicyclic) bond motifs is 1. The van der Waals surface area contributed by atoms with Crippen LogP contribution in [0.5, 0.6) is 0 Å². The van der Waals surface area contributed by atoms with E-state index >= 15 is 0 Å². The molecule has 1 aliphatic heterocycles. The summed E-state index contributed by atoms with van der Waals surface area (Å²) < 4.78 is 4.82. The summed E-state index contributed by atoms with van der Waals surface area (Å²) >= 11 is 1.85. The van der Waals surface area contributed by atoms with Crippen LogP contribution in [-0.2, 0) is 9.53 Å². The summed E-state index contributed by atoms with van der Waals surface area (Å²) in [5, 5.41) is 3.00. The minimum absolute atomic E-state index is 0.0470. The molecule has 0 radical (unpaired) electrons. The van der Waals surface area contributed by atoms with Crippen molar-refractivity contribution in [1.29, 1.82) is 0 Å². The van der Waals surface area contributed by atoms with E-state index in [1.807, 2.05) is 23.9 Å². The fraction of sp³-hybridized carbons (Fsp3) is 0.417. The number of carbonyl (C=O) groups excluding carboxylic acids is 1. The van der Waals surface area contributed by atoms with Crippen LogP contribution in [0.25, 0.3) is 0 Å². The summed E-state index contributed by atoms with van der Waals surface area (Å²) in [4.78, 5) is 12.8. The highest BCUT2D eigenvalue weighted by molar-refractivity contribution is 7.99. The van der Waals surface area contributed by atoms with E-state index in [2.05, 4.69) is 17.4 Å². The predicted molar refractivity (Wildman–Crippen MR) is 64.5 cm³/mol. The molecule has 1 heterocycles. The van der Waals surface area contributed by atoms with Crippen molar-refractivity contribution < 1.29 is 9.53 Å². The number of ether oxygens (including phenoxy) is 1. The van der Waals surface area contributed by atoms with Crippen LogP contribution in [0.3, 0.4) is 0 Å². The van der Waals surface area contributed by atoms with Crippen LogP contribution in [0.15, 0.2) is 29.2 Å². The Kier molecular flexibility index (Phi) is 3.85. The van der Waals surface area contributed by atoms with Gasteiger partial charge in [-0.1, -0.05) is 18.2 Å². The molecule has 1 aromatic carbocycles. The molecule has 0 spiro atoms. The van der Waals surface area contributed by atoms with Gasteiger partial charge in [0.2, 0.25) is 5.91 Å². The highest BCUT2D eigenvalue weighted by Gasteiger charge is 2.21. The molecule has 1 atom stereocenters. The van der Waals surface area contributed by atoms with Crippen LogP contribution in [0.1, 0.15) is 18.0 Å². The van der Waals surface area contributed by atoms with Crippen molar-refractivity contribution in [2.75, 3.05) is 19.5 Å². The zero-order chi connectivity index (χ0) is 11.4. The first-order valence-electron chi connectivity index (χ1n) is 5.31. The van der Waals surface area contributed by atoms with E-state index < -0.39 is 0 Å². The minimum Gasteiger partial charge on any atom is -0.375 e. The molecule has 1 amide bonds. The summed E-state index contributed by atoms with van der Waals surface area (Å²) in [6.45, 7) is 0.131. The molecular weight excluding hydrogens is 222 g/mol. The van der Waals surface area contributed by atoms with Gasteiger partial charge in [0, 0.05) is 17.8 Å². The van der Waals surface area contributed by atoms with E-state index in [1.54, 1.807) is 0 Å². The van der Waals surface area contributed by atoms with Gasteiger partial charge in [-0.05, 0) is 18.1 Å². The molecule has 1 N–H and O–H groups in total. The van der Waals surface area contributed by atoms with Crippen molar-refractivity contribution >= 4 is 17.7 Å². The van der Waals surface area contributed by atoms with Crippen LogP contribution in [0, 0.1) is 0 Å². The lowest BCUT2D eigenvalue weighted by atomic mass is 10.0. The highest BCUT2D eigenvalue weighted by Crippen LogP contribution is 2.35. The van der Waals surface area contributed by atoms with Gasteiger partial charge in [-0.15, -0.1) is 11.8 Å². The van der Waals surface area contributed by atoms with Crippen molar-refractivity contribution in [2.45, 2.75) is 17.4 Å². The fourth-order valence-electron chi connectivity index (χ4n) is 1.86. The average Bonchev–Trinajstić information content (AvgIpc) is 2.30. The maximum absolute atomic E-state index is 11.5. The van der Waals surface area contributed by atoms with Gasteiger partial charge in [0.1, 0.15) is 6.61 Å². The summed E-state index contributed by atoms with van der Waals surface area (Å²) in [5.74, 6) is 1.00. The maximum Gasteiger partial charge on any atom is 0.246 e. The maximum atomic E-state index is 11.5. The van der Waals surface area contributed by atoms with Gasteiger partial charge in [0.05, 0.1) is 6.04 Å². The number of hydrogen-bond acceptors (Lipinski definition) is 3. The number of methoxy groups -OCH3 is 1. The van der Waals surface area contributed by atoms with E-state index in [-0.39, 0.29) is 18.6 Å². The first-order chi connectivity index (χ1) is 7.81. The van der Waals surface area contributed by atoms with Crippen molar-refractivity contribution in [3.05, 3.63) is 29.8 Å². The predicted octanol–water partition coefficient (Wildman–Crippen LogP) is 1.99. The molecule has 0 aliphatic carbocycles. The number of thioether (sulfide) groups is 1. The third-order valence-corrected chi connectivity index (χ3v) is 3.69. The lowest BCUT2D eigenvalue weighted by Gasteiger charge is -2.25. The average molecular weight is 237 g/mol. The zero-order valence-electron chi connectivity index (χ0n) is 9.23. The minimum atomic E-state index is -0.0470. The molecule has 2 rings (SSSR count). The molecule has 1 aliphatic rings. The first-order valence-corrected chi connectivity index (χ1v) is 6.30. The van der Waals surface area contributed by atoms with Crippen LogP contribution < -0.4 is 5.32 Å². The molecule has 86 valence electrons. The van der Waals surface area contributed by atoms with Crippen LogP contribution >= 0.6 is 11.8 Å². The van der Waals surface area contributed by atoms with Gasteiger partial charge in [-0.3, -0.25) is 4.79 Å². The first kappa shape index (κ1) is 11.5. The topological polar surface area (TPSA) is 38.3 Å². The van der Waals surface area contributed by atoms with E-state index in [1.165, 1.54) is 17.6 Å². The molecule has 4 heteroatoms. The molecule has 0 bridgehead atoms. The van der Waals surface area contributed by atoms with E-state index in [4.69, 9.17) is 4.74 Å². The standard InChI is InChI=1S/C12H15NO2S/c1-15-8-12(14)13-10-6-7-16-11-5-3-2-4-9(10)11/h2-5,10H,6-8H2,1H3,(H,13,14)/t10-/m0/s1. The Morgan fingerprint density at radius 1 is 1.56 bits per heavy atom. The second-order valence-electron chi connectivity index (χ2n) is 3.73. The molecular formula is C12H15NO2S. The number of amides is 1. The van der Waals surface area contributed by atoms with E-state index in [0.717, 1.165) is 12.2 Å². The second kappa shape index (κ2) is 5.37. The molecule has 3 nitrogen and oxygen atoms in total. The molecule has 16 heavy (non-hydrogen) atoms. The Morgan fingerprint density at radius 3 is 3.19 bits per heavy atom. The van der Waals surface area contributed by atoms with Gasteiger partial charge in [0.25, 0.3) is 0 Å². The summed E-state index contributed by atoms with van der Waals surface area (Å²) in [7, 11) is 1.53. The second-order valence-corrected chi connectivity index (χ2v) is 4.86. The molecule has 0 aromatic heterocycles. The molecule has 0 saturated heterocycles. The Balaban J connectivity index is 2.10. The SMILES string of the molecule is COCC(=O)N[C@H]1CCSc2ccccc21. The van der Waals surface area contributed by atoms with Crippen LogP contribution in [0.2, 0.25) is 0 Å². The van der Waals surface area contributed by atoms with Gasteiger partial charge < -0.3 is 10.1 Å². The number of hydrogen-bond donors (Lipinski definition) is 1. The van der Waals surface area contributed by atoms with Crippen LogP contribution in [0.4, 0.5) is 0 Å². The number of carbonyl (C=O) groups is 1. The zero-order valence-corrected chi connectivity index (χ0v) is 10.0. The molecule has 0 unspecified atom stereocenters. The van der Waals surface area contributed by atoms with Crippen molar-refractivity contribution in [1.82, 2.24) is 5.32 Å². The largest absolute Gasteiger partial charge is 0.375 e. The normalized spacial score (nSPS) is 18.9. The monoisotopic (exact) mass is 237 g/mol. The third-order valence-electron chi connectivity index (χ3n) is 2.57. The van der Waals surface area contributed by atoms with Gasteiger partial charge >= 0.3 is 0 Å². The Hall–Kier alpha value is -1.00. The van der Waals surface area contributed by atoms with Gasteiger partial charge in [0.15, 0.2) is 0 Å². The molecule has 0 saturated carbocycles. The lowest BCUT2D eigenvalue weighted by Crippen LogP contribution is -2.33. The number of benzene rings is 1. The Morgan fingerprint density at radius 2 is 2.38 bits per heavy atom. The number of rotatable bonds is 3.